The van der Waals surface area contributed by atoms with Gasteiger partial charge in [0.15, 0.2) is 0 Å². The van der Waals surface area contributed by atoms with Crippen LogP contribution >= 0.6 is 0 Å². The van der Waals surface area contributed by atoms with Crippen LogP contribution in [0.25, 0.3) is 22.4 Å². The molecule has 0 fully saturated rings. The van der Waals surface area contributed by atoms with Gasteiger partial charge in [-0.2, -0.15) is 0 Å². The first kappa shape index (κ1) is 19.3. The summed E-state index contributed by atoms with van der Waals surface area (Å²) in [7, 11) is -2.99. The molecule has 0 amide bonds. The van der Waals surface area contributed by atoms with E-state index in [1.807, 2.05) is 0 Å². The lowest BCUT2D eigenvalue weighted by Crippen LogP contribution is -2.49. The third-order valence-corrected chi connectivity index (χ3v) is 11.8. The maximum atomic E-state index is 4.92. The van der Waals surface area contributed by atoms with Crippen LogP contribution in [0.1, 0.15) is 25.3 Å². The monoisotopic (exact) mass is 401 g/mol. The SMILES string of the molecule is CC(C)c1cc(-c2ccc3c(c2)-c2ccccc2[Si]3(C)C)ncc1[Si](C)(C)C. The van der Waals surface area contributed by atoms with E-state index in [-0.39, 0.29) is 0 Å². The third kappa shape index (κ3) is 3.01. The molecule has 28 heavy (non-hydrogen) atoms. The first-order chi connectivity index (χ1) is 13.1. The standard InChI is InChI=1S/C25H31NSi2/c1-17(2)20-15-22(26-16-25(20)27(3,4)5)18-12-13-24-21(14-18)19-10-8-9-11-23(19)28(24,6)7/h8-17H,1-7H3. The minimum atomic E-state index is -1.58. The van der Waals surface area contributed by atoms with Gasteiger partial charge in [0.1, 0.15) is 8.07 Å². The van der Waals surface area contributed by atoms with Crippen LogP contribution in [0.3, 0.4) is 0 Å². The highest BCUT2D eigenvalue weighted by Gasteiger charge is 2.37. The largest absolute Gasteiger partial charge is 0.256 e. The lowest BCUT2D eigenvalue weighted by Gasteiger charge is -2.23. The molecule has 1 aromatic heterocycles. The van der Waals surface area contributed by atoms with Gasteiger partial charge in [-0.05, 0) is 50.3 Å². The summed E-state index contributed by atoms with van der Waals surface area (Å²) in [5.41, 5.74) is 6.67. The van der Waals surface area contributed by atoms with Crippen LogP contribution in [-0.2, 0) is 0 Å². The molecule has 1 aliphatic heterocycles. The molecule has 0 saturated heterocycles. The number of pyridine rings is 1. The first-order valence-corrected chi connectivity index (χ1v) is 16.9. The van der Waals surface area contributed by atoms with E-state index in [0.29, 0.717) is 5.92 Å². The van der Waals surface area contributed by atoms with Crippen molar-refractivity contribution < 1.29 is 0 Å². The number of benzene rings is 2. The summed E-state index contributed by atoms with van der Waals surface area (Å²) >= 11 is 0. The number of aromatic nitrogens is 1. The average molecular weight is 402 g/mol. The summed E-state index contributed by atoms with van der Waals surface area (Å²) in [6.45, 7) is 16.8. The Morgan fingerprint density at radius 3 is 2.21 bits per heavy atom. The number of fused-ring (bicyclic) bond motifs is 3. The van der Waals surface area contributed by atoms with Gasteiger partial charge in [-0.1, -0.05) is 83.0 Å². The van der Waals surface area contributed by atoms with E-state index in [1.165, 1.54) is 27.4 Å². The molecule has 2 heterocycles. The van der Waals surface area contributed by atoms with E-state index in [2.05, 4.69) is 101 Å². The van der Waals surface area contributed by atoms with E-state index in [0.717, 1.165) is 5.69 Å². The number of rotatable bonds is 3. The molecular formula is C25H31NSi2. The van der Waals surface area contributed by atoms with Crippen molar-refractivity contribution >= 4 is 31.7 Å². The zero-order valence-electron chi connectivity index (χ0n) is 18.2. The maximum absolute atomic E-state index is 4.92. The van der Waals surface area contributed by atoms with Crippen LogP contribution in [-0.4, -0.2) is 21.1 Å². The molecule has 0 saturated carbocycles. The summed E-state index contributed by atoms with van der Waals surface area (Å²) in [5, 5.41) is 4.61. The lowest BCUT2D eigenvalue weighted by molar-refractivity contribution is 0.870. The second-order valence-electron chi connectivity index (χ2n) is 9.99. The van der Waals surface area contributed by atoms with Gasteiger partial charge in [0.2, 0.25) is 0 Å². The normalized spacial score (nSPS) is 14.9. The number of nitrogens with zero attached hydrogens (tertiary/aromatic N) is 1. The van der Waals surface area contributed by atoms with Crippen molar-refractivity contribution in [2.75, 3.05) is 0 Å². The van der Waals surface area contributed by atoms with Crippen molar-refractivity contribution in [3.63, 3.8) is 0 Å². The summed E-state index contributed by atoms with van der Waals surface area (Å²) in [6.07, 6.45) is 2.16. The second-order valence-corrected chi connectivity index (χ2v) is 19.4. The molecule has 1 nitrogen and oxygen atoms in total. The molecule has 2 aromatic carbocycles. The lowest BCUT2D eigenvalue weighted by atomic mass is 9.98. The Morgan fingerprint density at radius 2 is 1.54 bits per heavy atom. The van der Waals surface area contributed by atoms with Crippen LogP contribution in [0, 0.1) is 0 Å². The fourth-order valence-corrected chi connectivity index (χ4v) is 9.37. The Hall–Kier alpha value is -1.98. The Balaban J connectivity index is 1.87. The van der Waals surface area contributed by atoms with Crippen molar-refractivity contribution in [2.45, 2.75) is 52.5 Å². The third-order valence-electron chi connectivity index (χ3n) is 6.25. The van der Waals surface area contributed by atoms with Gasteiger partial charge in [-0.25, -0.2) is 0 Å². The van der Waals surface area contributed by atoms with Gasteiger partial charge < -0.3 is 0 Å². The predicted molar refractivity (Wildman–Crippen MR) is 129 cm³/mol. The van der Waals surface area contributed by atoms with Crippen molar-refractivity contribution in [3.8, 4) is 22.4 Å². The summed E-state index contributed by atoms with van der Waals surface area (Å²) in [6, 6.07) is 18.4. The Bertz CT molecular complexity index is 1060. The van der Waals surface area contributed by atoms with E-state index in [1.54, 1.807) is 10.4 Å². The molecule has 0 bridgehead atoms. The molecule has 1 aliphatic rings. The van der Waals surface area contributed by atoms with Gasteiger partial charge in [0, 0.05) is 11.8 Å². The van der Waals surface area contributed by atoms with Crippen molar-refractivity contribution in [1.29, 1.82) is 0 Å². The van der Waals surface area contributed by atoms with Gasteiger partial charge in [0.25, 0.3) is 0 Å². The Labute approximate surface area is 171 Å². The molecule has 0 atom stereocenters. The van der Waals surface area contributed by atoms with Crippen LogP contribution < -0.4 is 15.6 Å². The van der Waals surface area contributed by atoms with Gasteiger partial charge >= 0.3 is 0 Å². The molecule has 0 spiro atoms. The van der Waals surface area contributed by atoms with E-state index < -0.39 is 16.1 Å². The number of hydrogen-bond acceptors (Lipinski definition) is 1. The fraction of sp³-hybridized carbons (Fsp3) is 0.320. The van der Waals surface area contributed by atoms with E-state index in [4.69, 9.17) is 4.98 Å². The highest BCUT2D eigenvalue weighted by atomic mass is 28.3. The van der Waals surface area contributed by atoms with Gasteiger partial charge in [-0.15, -0.1) is 0 Å². The first-order valence-electron chi connectivity index (χ1n) is 10.4. The topological polar surface area (TPSA) is 12.9 Å². The fourth-order valence-electron chi connectivity index (χ4n) is 4.61. The minimum absolute atomic E-state index is 0.518. The minimum Gasteiger partial charge on any atom is -0.256 e. The molecule has 0 radical (unpaired) electrons. The zero-order chi connectivity index (χ0) is 20.3. The molecule has 0 unspecified atom stereocenters. The molecule has 144 valence electrons. The zero-order valence-corrected chi connectivity index (χ0v) is 20.2. The van der Waals surface area contributed by atoms with Crippen LogP contribution in [0.5, 0.6) is 0 Å². The van der Waals surface area contributed by atoms with Gasteiger partial charge in [-0.3, -0.25) is 4.98 Å². The van der Waals surface area contributed by atoms with E-state index in [9.17, 15) is 0 Å². The molecule has 3 heteroatoms. The second kappa shape index (κ2) is 6.53. The highest BCUT2D eigenvalue weighted by Crippen LogP contribution is 2.32. The van der Waals surface area contributed by atoms with E-state index >= 15 is 0 Å². The number of hydrogen-bond donors (Lipinski definition) is 0. The molecular weight excluding hydrogens is 370 g/mol. The quantitative estimate of drug-likeness (QED) is 0.548. The summed E-state index contributed by atoms with van der Waals surface area (Å²) in [4.78, 5) is 4.92. The Morgan fingerprint density at radius 1 is 0.857 bits per heavy atom. The predicted octanol–water partition coefficient (Wildman–Crippen LogP) is 5.22. The summed E-state index contributed by atoms with van der Waals surface area (Å²) in [5.74, 6) is 0.518. The van der Waals surface area contributed by atoms with Gasteiger partial charge in [0.05, 0.1) is 13.8 Å². The van der Waals surface area contributed by atoms with Crippen LogP contribution in [0.4, 0.5) is 0 Å². The molecule has 0 aliphatic carbocycles. The Kier molecular flexibility index (Phi) is 4.51. The van der Waals surface area contributed by atoms with Crippen LogP contribution in [0.15, 0.2) is 54.7 Å². The average Bonchev–Trinajstić information content (AvgIpc) is 2.88. The molecule has 4 rings (SSSR count). The highest BCUT2D eigenvalue weighted by molar-refractivity contribution is 7.03. The molecule has 0 N–H and O–H groups in total. The van der Waals surface area contributed by atoms with Crippen LogP contribution in [0.2, 0.25) is 32.7 Å². The summed E-state index contributed by atoms with van der Waals surface area (Å²) < 4.78 is 0. The van der Waals surface area contributed by atoms with Crippen molar-refractivity contribution in [1.82, 2.24) is 4.98 Å². The van der Waals surface area contributed by atoms with Crippen molar-refractivity contribution in [2.24, 2.45) is 0 Å². The molecule has 3 aromatic rings. The maximum Gasteiger partial charge on any atom is 0.113 e. The smallest absolute Gasteiger partial charge is 0.113 e. The van der Waals surface area contributed by atoms with Crippen molar-refractivity contribution in [3.05, 3.63) is 60.3 Å².